The standard InChI is InChI=1S/C28H38N2O6/c1-19(2)36-26-7-5-4-6-24(26)29-23-14-10-21(11-15-25(23)31)28(34)30(18-27(32)33)17-16-20-8-12-22(35-3)13-9-20/h4-9,12-13,19,21,23,25,29,31H,10-11,14-18H2,1-3H3,(H,32,33)/t21-,23+,25+/m1/s1. The summed E-state index contributed by atoms with van der Waals surface area (Å²) >= 11 is 0. The minimum Gasteiger partial charge on any atom is -0.497 e. The molecule has 0 heterocycles. The summed E-state index contributed by atoms with van der Waals surface area (Å²) in [5, 5.41) is 23.7. The van der Waals surface area contributed by atoms with Gasteiger partial charge in [0, 0.05) is 12.5 Å². The third kappa shape index (κ3) is 7.88. The lowest BCUT2D eigenvalue weighted by Gasteiger charge is -2.26. The number of benzene rings is 2. The third-order valence-electron chi connectivity index (χ3n) is 6.51. The molecule has 0 spiro atoms. The van der Waals surface area contributed by atoms with Gasteiger partial charge in [-0.1, -0.05) is 24.3 Å². The van der Waals surface area contributed by atoms with Gasteiger partial charge in [-0.3, -0.25) is 9.59 Å². The molecule has 1 aliphatic carbocycles. The number of carbonyl (C=O) groups excluding carboxylic acids is 1. The highest BCUT2D eigenvalue weighted by Gasteiger charge is 2.32. The van der Waals surface area contributed by atoms with Crippen LogP contribution in [-0.4, -0.2) is 65.4 Å². The Morgan fingerprint density at radius 2 is 1.75 bits per heavy atom. The van der Waals surface area contributed by atoms with Crippen molar-refractivity contribution in [3.05, 3.63) is 54.1 Å². The molecule has 196 valence electrons. The maximum absolute atomic E-state index is 13.4. The van der Waals surface area contributed by atoms with E-state index in [0.717, 1.165) is 22.7 Å². The zero-order valence-electron chi connectivity index (χ0n) is 21.4. The first kappa shape index (κ1) is 27.3. The molecule has 3 rings (SSSR count). The number of hydrogen-bond acceptors (Lipinski definition) is 6. The Bertz CT molecular complexity index is 994. The van der Waals surface area contributed by atoms with Gasteiger partial charge in [-0.2, -0.15) is 0 Å². The maximum atomic E-state index is 13.4. The Balaban J connectivity index is 1.64. The van der Waals surface area contributed by atoms with E-state index in [1.165, 1.54) is 4.90 Å². The molecular formula is C28H38N2O6. The van der Waals surface area contributed by atoms with Gasteiger partial charge in [-0.25, -0.2) is 0 Å². The van der Waals surface area contributed by atoms with E-state index in [2.05, 4.69) is 5.32 Å². The predicted octanol–water partition coefficient (Wildman–Crippen LogP) is 3.97. The molecule has 1 amide bonds. The van der Waals surface area contributed by atoms with Gasteiger partial charge in [-0.15, -0.1) is 0 Å². The number of aliphatic carboxylic acids is 1. The van der Waals surface area contributed by atoms with E-state index in [1.807, 2.05) is 62.4 Å². The summed E-state index contributed by atoms with van der Waals surface area (Å²) in [5.41, 5.74) is 1.81. The van der Waals surface area contributed by atoms with E-state index < -0.39 is 12.1 Å². The molecule has 3 N–H and O–H groups in total. The van der Waals surface area contributed by atoms with Crippen molar-refractivity contribution in [2.24, 2.45) is 5.92 Å². The number of hydrogen-bond donors (Lipinski definition) is 3. The molecule has 0 bridgehead atoms. The Morgan fingerprint density at radius 3 is 2.42 bits per heavy atom. The van der Waals surface area contributed by atoms with Gasteiger partial charge in [0.2, 0.25) is 5.91 Å². The van der Waals surface area contributed by atoms with E-state index in [4.69, 9.17) is 9.47 Å². The van der Waals surface area contributed by atoms with Crippen LogP contribution in [0.25, 0.3) is 0 Å². The highest BCUT2D eigenvalue weighted by Crippen LogP contribution is 2.31. The number of methoxy groups -OCH3 is 1. The number of carboxylic acid groups (broad SMARTS) is 1. The molecule has 3 atom stereocenters. The summed E-state index contributed by atoms with van der Waals surface area (Å²) < 4.78 is 11.1. The zero-order valence-corrected chi connectivity index (χ0v) is 21.4. The first-order chi connectivity index (χ1) is 17.3. The van der Waals surface area contributed by atoms with Crippen molar-refractivity contribution in [1.82, 2.24) is 4.90 Å². The molecule has 1 aliphatic rings. The largest absolute Gasteiger partial charge is 0.497 e. The van der Waals surface area contributed by atoms with Crippen LogP contribution in [0.15, 0.2) is 48.5 Å². The third-order valence-corrected chi connectivity index (χ3v) is 6.51. The van der Waals surface area contributed by atoms with Gasteiger partial charge in [0.15, 0.2) is 0 Å². The van der Waals surface area contributed by atoms with Crippen molar-refractivity contribution in [3.8, 4) is 11.5 Å². The van der Waals surface area contributed by atoms with Crippen molar-refractivity contribution in [3.63, 3.8) is 0 Å². The second-order valence-corrected chi connectivity index (χ2v) is 9.58. The van der Waals surface area contributed by atoms with Crippen LogP contribution in [0.2, 0.25) is 0 Å². The van der Waals surface area contributed by atoms with Crippen LogP contribution in [0.1, 0.15) is 45.1 Å². The average molecular weight is 499 g/mol. The lowest BCUT2D eigenvalue weighted by molar-refractivity contribution is -0.146. The second-order valence-electron chi connectivity index (χ2n) is 9.58. The Labute approximate surface area is 213 Å². The van der Waals surface area contributed by atoms with Crippen LogP contribution < -0.4 is 14.8 Å². The zero-order chi connectivity index (χ0) is 26.1. The molecule has 2 aromatic rings. The van der Waals surface area contributed by atoms with Crippen LogP contribution in [-0.2, 0) is 16.0 Å². The quantitative estimate of drug-likeness (QED) is 0.402. The van der Waals surface area contributed by atoms with E-state index in [1.54, 1.807) is 7.11 Å². The molecule has 1 saturated carbocycles. The predicted molar refractivity (Wildman–Crippen MR) is 138 cm³/mol. The first-order valence-electron chi connectivity index (χ1n) is 12.6. The van der Waals surface area contributed by atoms with Gasteiger partial charge in [0.25, 0.3) is 0 Å². The monoisotopic (exact) mass is 498 g/mol. The van der Waals surface area contributed by atoms with Crippen LogP contribution in [0.5, 0.6) is 11.5 Å². The molecule has 0 unspecified atom stereocenters. The highest BCUT2D eigenvalue weighted by atomic mass is 16.5. The Kier molecular flexibility index (Phi) is 9.99. The van der Waals surface area contributed by atoms with Crippen molar-refractivity contribution in [1.29, 1.82) is 0 Å². The molecule has 0 saturated heterocycles. The van der Waals surface area contributed by atoms with Crippen molar-refractivity contribution in [2.45, 2.75) is 64.2 Å². The fourth-order valence-electron chi connectivity index (χ4n) is 4.59. The molecule has 0 radical (unpaired) electrons. The summed E-state index contributed by atoms with van der Waals surface area (Å²) in [6.45, 7) is 3.91. The summed E-state index contributed by atoms with van der Waals surface area (Å²) in [6, 6.07) is 14.9. The van der Waals surface area contributed by atoms with E-state index in [9.17, 15) is 19.8 Å². The van der Waals surface area contributed by atoms with Crippen molar-refractivity contribution < 1.29 is 29.3 Å². The number of para-hydroxylation sites is 2. The minimum absolute atomic E-state index is 0.0205. The molecule has 0 aromatic heterocycles. The number of aliphatic hydroxyl groups is 1. The van der Waals surface area contributed by atoms with Gasteiger partial charge in [0.1, 0.15) is 18.0 Å². The number of aliphatic hydroxyl groups excluding tert-OH is 1. The minimum atomic E-state index is -1.03. The first-order valence-corrected chi connectivity index (χ1v) is 12.6. The topological polar surface area (TPSA) is 108 Å². The number of anilines is 1. The number of ether oxygens (including phenoxy) is 2. The summed E-state index contributed by atoms with van der Waals surface area (Å²) in [6.07, 6.45) is 2.08. The molecule has 1 fully saturated rings. The summed E-state index contributed by atoms with van der Waals surface area (Å²) in [4.78, 5) is 26.3. The number of amides is 1. The van der Waals surface area contributed by atoms with E-state index in [-0.39, 0.29) is 30.5 Å². The van der Waals surface area contributed by atoms with Crippen molar-refractivity contribution in [2.75, 3.05) is 25.5 Å². The van der Waals surface area contributed by atoms with Gasteiger partial charge in [0.05, 0.1) is 31.0 Å². The van der Waals surface area contributed by atoms with Gasteiger partial charge < -0.3 is 29.9 Å². The molecule has 36 heavy (non-hydrogen) atoms. The average Bonchev–Trinajstić information content (AvgIpc) is 3.03. The van der Waals surface area contributed by atoms with Crippen LogP contribution >= 0.6 is 0 Å². The van der Waals surface area contributed by atoms with Crippen molar-refractivity contribution >= 4 is 17.6 Å². The number of carboxylic acids is 1. The molecule has 8 nitrogen and oxygen atoms in total. The summed E-state index contributed by atoms with van der Waals surface area (Å²) in [5.74, 6) is -0.0577. The fraction of sp³-hybridized carbons (Fsp3) is 0.500. The lowest BCUT2D eigenvalue weighted by atomic mass is 9.98. The summed E-state index contributed by atoms with van der Waals surface area (Å²) in [7, 11) is 1.60. The fourth-order valence-corrected chi connectivity index (χ4v) is 4.59. The molecule has 2 aromatic carbocycles. The number of rotatable bonds is 11. The van der Waals surface area contributed by atoms with Crippen LogP contribution in [0.4, 0.5) is 5.69 Å². The van der Waals surface area contributed by atoms with Crippen LogP contribution in [0, 0.1) is 5.92 Å². The maximum Gasteiger partial charge on any atom is 0.323 e. The van der Waals surface area contributed by atoms with E-state index >= 15 is 0 Å². The molecule has 8 heteroatoms. The normalized spacial score (nSPS) is 19.9. The number of nitrogens with one attached hydrogen (secondary N) is 1. The molecular weight excluding hydrogens is 460 g/mol. The lowest BCUT2D eigenvalue weighted by Crippen LogP contribution is -2.41. The van der Waals surface area contributed by atoms with Gasteiger partial charge in [-0.05, 0) is 75.8 Å². The van der Waals surface area contributed by atoms with Gasteiger partial charge >= 0.3 is 5.97 Å². The number of nitrogens with zero attached hydrogens (tertiary/aromatic N) is 1. The highest BCUT2D eigenvalue weighted by molar-refractivity contribution is 5.83. The smallest absolute Gasteiger partial charge is 0.323 e. The Morgan fingerprint density at radius 1 is 1.06 bits per heavy atom. The van der Waals surface area contributed by atoms with E-state index in [0.29, 0.717) is 38.6 Å². The van der Waals surface area contributed by atoms with Crippen LogP contribution in [0.3, 0.4) is 0 Å². The SMILES string of the molecule is COc1ccc(CCN(CC(=O)O)C(=O)[C@@H]2CC[C@H](Nc3ccccc3OC(C)C)[C@@H](O)CC2)cc1. The number of carbonyl (C=O) groups is 2. The second kappa shape index (κ2) is 13.2. The Hall–Kier alpha value is -3.26. The molecule has 0 aliphatic heterocycles.